The minimum Gasteiger partial charge on any atom is -0.223 e. The fourth-order valence-corrected chi connectivity index (χ4v) is 7.96. The van der Waals surface area contributed by atoms with E-state index in [1.807, 2.05) is 13.8 Å². The first-order chi connectivity index (χ1) is 14.0. The van der Waals surface area contributed by atoms with Gasteiger partial charge in [0.15, 0.2) is 9.84 Å². The molecule has 3 aromatic rings. The molecule has 5 nitrogen and oxygen atoms in total. The van der Waals surface area contributed by atoms with Crippen molar-refractivity contribution in [1.82, 2.24) is 4.72 Å². The summed E-state index contributed by atoms with van der Waals surface area (Å²) in [7, 11) is -7.67. The molecule has 0 fully saturated rings. The van der Waals surface area contributed by atoms with Crippen LogP contribution in [0, 0.1) is 27.7 Å². The van der Waals surface area contributed by atoms with Crippen LogP contribution in [0.2, 0.25) is 0 Å². The average molecular weight is 464 g/mol. The van der Waals surface area contributed by atoms with Gasteiger partial charge in [-0.2, -0.15) is 0 Å². The van der Waals surface area contributed by atoms with E-state index in [9.17, 15) is 16.8 Å². The van der Waals surface area contributed by atoms with Gasteiger partial charge in [-0.05, 0) is 62.4 Å². The molecule has 1 aromatic heterocycles. The van der Waals surface area contributed by atoms with E-state index >= 15 is 0 Å². The van der Waals surface area contributed by atoms with Gasteiger partial charge in [-0.1, -0.05) is 41.5 Å². The SMILES string of the molecule is Cc1ccc(S(=O)(=O)C(CNS(=O)(=O)c2c(C)cc(C)cc2C)c2cccs2)cc1. The van der Waals surface area contributed by atoms with E-state index in [1.165, 1.54) is 11.3 Å². The average Bonchev–Trinajstić information content (AvgIpc) is 3.15. The highest BCUT2D eigenvalue weighted by molar-refractivity contribution is 7.92. The summed E-state index contributed by atoms with van der Waals surface area (Å²) >= 11 is 1.30. The highest BCUT2D eigenvalue weighted by Crippen LogP contribution is 2.32. The van der Waals surface area contributed by atoms with Crippen LogP contribution in [0.4, 0.5) is 0 Å². The van der Waals surface area contributed by atoms with Gasteiger partial charge in [-0.15, -0.1) is 11.3 Å². The molecule has 0 aliphatic rings. The maximum Gasteiger partial charge on any atom is 0.241 e. The molecule has 1 atom stereocenters. The van der Waals surface area contributed by atoms with Gasteiger partial charge in [0.1, 0.15) is 5.25 Å². The molecule has 1 heterocycles. The monoisotopic (exact) mass is 463 g/mol. The van der Waals surface area contributed by atoms with Crippen molar-refractivity contribution >= 4 is 31.2 Å². The Hall–Kier alpha value is -2.00. The van der Waals surface area contributed by atoms with Crippen LogP contribution >= 0.6 is 11.3 Å². The molecule has 0 aliphatic carbocycles. The van der Waals surface area contributed by atoms with Gasteiger partial charge in [0, 0.05) is 11.4 Å². The first kappa shape index (κ1) is 22.7. The molecule has 30 heavy (non-hydrogen) atoms. The number of hydrogen-bond donors (Lipinski definition) is 1. The lowest BCUT2D eigenvalue weighted by molar-refractivity contribution is 0.569. The first-order valence-corrected chi connectivity index (χ1v) is 13.3. The Balaban J connectivity index is 1.97. The summed E-state index contributed by atoms with van der Waals surface area (Å²) in [5.74, 6) is 0. The molecule has 3 rings (SSSR count). The maximum absolute atomic E-state index is 13.3. The van der Waals surface area contributed by atoms with Crippen LogP contribution in [0.5, 0.6) is 0 Å². The van der Waals surface area contributed by atoms with Gasteiger partial charge in [-0.3, -0.25) is 0 Å². The smallest absolute Gasteiger partial charge is 0.223 e. The van der Waals surface area contributed by atoms with Gasteiger partial charge >= 0.3 is 0 Å². The van der Waals surface area contributed by atoms with Crippen LogP contribution < -0.4 is 4.72 Å². The van der Waals surface area contributed by atoms with Crippen molar-refractivity contribution in [3.63, 3.8) is 0 Å². The molecule has 0 aliphatic heterocycles. The van der Waals surface area contributed by atoms with E-state index < -0.39 is 25.1 Å². The summed E-state index contributed by atoms with van der Waals surface area (Å²) in [6.07, 6.45) is 0. The van der Waals surface area contributed by atoms with Crippen molar-refractivity contribution in [3.05, 3.63) is 81.0 Å². The van der Waals surface area contributed by atoms with Gasteiger partial charge in [0.2, 0.25) is 10.0 Å². The van der Waals surface area contributed by atoms with Gasteiger partial charge in [-0.25, -0.2) is 21.6 Å². The van der Waals surface area contributed by atoms with Crippen molar-refractivity contribution in [3.8, 4) is 0 Å². The second-order valence-corrected chi connectivity index (χ2v) is 12.3. The fraction of sp³-hybridized carbons (Fsp3) is 0.273. The molecular formula is C22H25NO4S3. The first-order valence-electron chi connectivity index (χ1n) is 9.44. The normalized spacial score (nSPS) is 13.3. The second kappa shape index (κ2) is 8.63. The number of hydrogen-bond acceptors (Lipinski definition) is 5. The minimum atomic E-state index is -3.88. The standard InChI is InChI=1S/C22H25NO4S3/c1-15-7-9-19(10-8-15)29(24,25)21(20-6-5-11-28-20)14-23-30(26,27)22-17(3)12-16(2)13-18(22)4/h5-13,21,23H,14H2,1-4H3. The van der Waals surface area contributed by atoms with E-state index in [2.05, 4.69) is 4.72 Å². The van der Waals surface area contributed by atoms with Crippen LogP contribution in [0.3, 0.4) is 0 Å². The predicted molar refractivity (Wildman–Crippen MR) is 121 cm³/mol. The highest BCUT2D eigenvalue weighted by Gasteiger charge is 2.32. The zero-order valence-corrected chi connectivity index (χ0v) is 19.8. The van der Waals surface area contributed by atoms with Gasteiger partial charge in [0.05, 0.1) is 9.79 Å². The van der Waals surface area contributed by atoms with Crippen LogP contribution in [0.15, 0.2) is 63.7 Å². The van der Waals surface area contributed by atoms with Crippen LogP contribution in [0.1, 0.15) is 32.4 Å². The Bertz CT molecular complexity index is 1220. The molecule has 0 saturated carbocycles. The van der Waals surface area contributed by atoms with E-state index in [0.717, 1.165) is 11.1 Å². The molecule has 1 unspecified atom stereocenters. The number of aryl methyl sites for hydroxylation is 4. The fourth-order valence-electron chi connectivity index (χ4n) is 3.58. The summed E-state index contributed by atoms with van der Waals surface area (Å²) in [6, 6.07) is 13.7. The molecule has 8 heteroatoms. The van der Waals surface area contributed by atoms with Crippen LogP contribution in [-0.4, -0.2) is 23.4 Å². The molecule has 0 bridgehead atoms. The lowest BCUT2D eigenvalue weighted by Crippen LogP contribution is -2.32. The van der Waals surface area contributed by atoms with Crippen molar-refractivity contribution in [2.75, 3.05) is 6.54 Å². The Morgan fingerprint density at radius 2 is 1.47 bits per heavy atom. The number of sulfone groups is 1. The van der Waals surface area contributed by atoms with Crippen LogP contribution in [0.25, 0.3) is 0 Å². The van der Waals surface area contributed by atoms with Crippen molar-refractivity contribution in [1.29, 1.82) is 0 Å². The zero-order chi connectivity index (χ0) is 22.1. The highest BCUT2D eigenvalue weighted by atomic mass is 32.2. The number of thiophene rings is 1. The number of sulfonamides is 1. The summed E-state index contributed by atoms with van der Waals surface area (Å²) in [6.45, 7) is 7.03. The van der Waals surface area contributed by atoms with Crippen molar-refractivity contribution in [2.24, 2.45) is 0 Å². The number of rotatable bonds is 7. The van der Waals surface area contributed by atoms with E-state index in [4.69, 9.17) is 0 Å². The summed E-state index contributed by atoms with van der Waals surface area (Å²) < 4.78 is 55.4. The Labute approximate surface area is 182 Å². The Morgan fingerprint density at radius 3 is 2.00 bits per heavy atom. The van der Waals surface area contributed by atoms with Crippen LogP contribution in [-0.2, 0) is 19.9 Å². The summed E-state index contributed by atoms with van der Waals surface area (Å²) in [5.41, 5.74) is 3.19. The summed E-state index contributed by atoms with van der Waals surface area (Å²) in [5, 5.41) is 0.775. The predicted octanol–water partition coefficient (Wildman–Crippen LogP) is 4.48. The Kier molecular flexibility index (Phi) is 6.52. The largest absolute Gasteiger partial charge is 0.241 e. The molecule has 0 radical (unpaired) electrons. The third kappa shape index (κ3) is 4.67. The van der Waals surface area contributed by atoms with Crippen molar-refractivity contribution in [2.45, 2.75) is 42.7 Å². The minimum absolute atomic E-state index is 0.174. The second-order valence-electron chi connectivity index (χ2n) is 7.44. The number of benzene rings is 2. The summed E-state index contributed by atoms with van der Waals surface area (Å²) in [4.78, 5) is 0.967. The Morgan fingerprint density at radius 1 is 0.867 bits per heavy atom. The molecule has 0 saturated heterocycles. The van der Waals surface area contributed by atoms with Gasteiger partial charge in [0.25, 0.3) is 0 Å². The lowest BCUT2D eigenvalue weighted by Gasteiger charge is -2.19. The third-order valence-corrected chi connectivity index (χ3v) is 9.88. The molecule has 2 aromatic carbocycles. The molecule has 160 valence electrons. The molecule has 0 spiro atoms. The maximum atomic E-state index is 13.3. The molecule has 1 N–H and O–H groups in total. The molecule has 0 amide bonds. The van der Waals surface area contributed by atoms with E-state index in [-0.39, 0.29) is 16.3 Å². The number of nitrogens with one attached hydrogen (secondary N) is 1. The topological polar surface area (TPSA) is 80.3 Å². The van der Waals surface area contributed by atoms with E-state index in [1.54, 1.807) is 67.8 Å². The van der Waals surface area contributed by atoms with Gasteiger partial charge < -0.3 is 0 Å². The molecular weight excluding hydrogens is 438 g/mol. The lowest BCUT2D eigenvalue weighted by atomic mass is 10.1. The van der Waals surface area contributed by atoms with E-state index in [0.29, 0.717) is 16.0 Å². The van der Waals surface area contributed by atoms with Crippen molar-refractivity contribution < 1.29 is 16.8 Å². The quantitative estimate of drug-likeness (QED) is 0.560. The zero-order valence-electron chi connectivity index (χ0n) is 17.3. The third-order valence-electron chi connectivity index (χ3n) is 4.92.